The lowest BCUT2D eigenvalue weighted by atomic mass is 10.2. The van der Waals surface area contributed by atoms with Gasteiger partial charge in [0.25, 0.3) is 0 Å². The van der Waals surface area contributed by atoms with Crippen LogP contribution in [0, 0.1) is 6.92 Å². The molecule has 0 saturated carbocycles. The lowest BCUT2D eigenvalue weighted by Crippen LogP contribution is -2.40. The van der Waals surface area contributed by atoms with Gasteiger partial charge in [-0.25, -0.2) is 0 Å². The van der Waals surface area contributed by atoms with E-state index in [2.05, 4.69) is 10.2 Å². The zero-order valence-electron chi connectivity index (χ0n) is 12.6. The van der Waals surface area contributed by atoms with Crippen molar-refractivity contribution in [2.75, 3.05) is 32.1 Å². The maximum Gasteiger partial charge on any atom is 0.238 e. The van der Waals surface area contributed by atoms with Gasteiger partial charge in [-0.3, -0.25) is 9.69 Å². The van der Waals surface area contributed by atoms with E-state index in [1.165, 1.54) is 0 Å². The number of nitrogens with two attached hydrogens (primary N) is 1. The summed E-state index contributed by atoms with van der Waals surface area (Å²) in [4.78, 5) is 14.3. The largest absolute Gasteiger partial charge is 0.495 e. The van der Waals surface area contributed by atoms with Crippen molar-refractivity contribution in [1.82, 2.24) is 4.90 Å². The van der Waals surface area contributed by atoms with Crippen molar-refractivity contribution in [3.63, 3.8) is 0 Å². The van der Waals surface area contributed by atoms with E-state index in [-0.39, 0.29) is 18.3 Å². The molecule has 21 heavy (non-hydrogen) atoms. The average molecular weight is 314 g/mol. The Morgan fingerprint density at radius 1 is 1.52 bits per heavy atom. The Kier molecular flexibility index (Phi) is 6.95. The minimum atomic E-state index is -0.0192. The van der Waals surface area contributed by atoms with Gasteiger partial charge in [0.2, 0.25) is 5.91 Å². The average Bonchev–Trinajstić information content (AvgIpc) is 2.86. The molecule has 1 aliphatic rings. The van der Waals surface area contributed by atoms with E-state index >= 15 is 0 Å². The van der Waals surface area contributed by atoms with Crippen LogP contribution in [0.5, 0.6) is 5.75 Å². The second-order valence-electron chi connectivity index (χ2n) is 5.25. The molecular formula is C15H24ClN3O2. The summed E-state index contributed by atoms with van der Waals surface area (Å²) in [5.74, 6) is 0.662. The number of nitrogens with one attached hydrogen (secondary N) is 1. The molecule has 0 spiro atoms. The molecule has 1 aromatic rings. The van der Waals surface area contributed by atoms with Crippen LogP contribution in [0.2, 0.25) is 0 Å². The molecule has 1 unspecified atom stereocenters. The van der Waals surface area contributed by atoms with Gasteiger partial charge in [0, 0.05) is 12.6 Å². The number of carbonyl (C=O) groups excluding carboxylic acids is 1. The van der Waals surface area contributed by atoms with E-state index < -0.39 is 0 Å². The third kappa shape index (κ3) is 4.59. The molecule has 1 fully saturated rings. The number of methoxy groups -OCH3 is 1. The van der Waals surface area contributed by atoms with Gasteiger partial charge < -0.3 is 15.8 Å². The van der Waals surface area contributed by atoms with Gasteiger partial charge in [0.15, 0.2) is 0 Å². The number of hydrogen-bond acceptors (Lipinski definition) is 4. The predicted octanol–water partition coefficient (Wildman–Crippen LogP) is 1.79. The first-order valence-corrected chi connectivity index (χ1v) is 7.02. The van der Waals surface area contributed by atoms with Gasteiger partial charge in [0.1, 0.15) is 5.75 Å². The summed E-state index contributed by atoms with van der Waals surface area (Å²) >= 11 is 0. The number of benzene rings is 1. The molecule has 118 valence electrons. The highest BCUT2D eigenvalue weighted by molar-refractivity contribution is 5.93. The highest BCUT2D eigenvalue weighted by Crippen LogP contribution is 2.25. The minimum Gasteiger partial charge on any atom is -0.495 e. The first kappa shape index (κ1) is 17.8. The number of anilines is 1. The summed E-state index contributed by atoms with van der Waals surface area (Å²) in [6, 6.07) is 6.07. The number of nitrogens with zero attached hydrogens (tertiary/aromatic N) is 1. The Balaban J connectivity index is 0.00000220. The Labute approximate surface area is 132 Å². The van der Waals surface area contributed by atoms with E-state index in [1.54, 1.807) is 7.11 Å². The number of hydrogen-bond donors (Lipinski definition) is 2. The zero-order chi connectivity index (χ0) is 14.5. The second-order valence-corrected chi connectivity index (χ2v) is 5.25. The Morgan fingerprint density at radius 3 is 2.95 bits per heavy atom. The van der Waals surface area contributed by atoms with Gasteiger partial charge in [-0.15, -0.1) is 12.4 Å². The molecule has 1 aliphatic heterocycles. The summed E-state index contributed by atoms with van der Waals surface area (Å²) in [6.07, 6.45) is 2.19. The van der Waals surface area contributed by atoms with Crippen LogP contribution in [0.25, 0.3) is 0 Å². The summed E-state index contributed by atoms with van der Waals surface area (Å²) < 4.78 is 5.27. The van der Waals surface area contributed by atoms with Crippen molar-refractivity contribution in [2.24, 2.45) is 5.73 Å². The number of ether oxygens (including phenoxy) is 1. The topological polar surface area (TPSA) is 67.6 Å². The van der Waals surface area contributed by atoms with Crippen molar-refractivity contribution in [3.8, 4) is 5.75 Å². The first-order chi connectivity index (χ1) is 9.63. The van der Waals surface area contributed by atoms with Crippen molar-refractivity contribution in [1.29, 1.82) is 0 Å². The molecule has 2 rings (SSSR count). The van der Waals surface area contributed by atoms with Crippen molar-refractivity contribution in [3.05, 3.63) is 23.8 Å². The van der Waals surface area contributed by atoms with E-state index in [4.69, 9.17) is 10.5 Å². The highest BCUT2D eigenvalue weighted by atomic mass is 35.5. The predicted molar refractivity (Wildman–Crippen MR) is 87.3 cm³/mol. The summed E-state index contributed by atoms with van der Waals surface area (Å²) in [5.41, 5.74) is 7.53. The number of halogens is 1. The molecule has 0 aromatic heterocycles. The molecule has 1 heterocycles. The molecule has 1 amide bonds. The van der Waals surface area contributed by atoms with Gasteiger partial charge in [-0.2, -0.15) is 0 Å². The molecule has 1 atom stereocenters. The SMILES string of the molecule is COc1ccc(C)cc1NC(=O)CN1CCCC1CN.Cl. The fraction of sp³-hybridized carbons (Fsp3) is 0.533. The molecule has 3 N–H and O–H groups in total. The standard InChI is InChI=1S/C15H23N3O2.ClH/c1-11-5-6-14(20-2)13(8-11)17-15(19)10-18-7-3-4-12(18)9-16;/h5-6,8,12H,3-4,7,9-10,16H2,1-2H3,(H,17,19);1H. The highest BCUT2D eigenvalue weighted by Gasteiger charge is 2.25. The van der Waals surface area contributed by atoms with Crippen LogP contribution in [0.1, 0.15) is 18.4 Å². The zero-order valence-corrected chi connectivity index (χ0v) is 13.4. The first-order valence-electron chi connectivity index (χ1n) is 7.02. The third-order valence-electron chi connectivity index (χ3n) is 3.75. The monoisotopic (exact) mass is 313 g/mol. The third-order valence-corrected chi connectivity index (χ3v) is 3.75. The van der Waals surface area contributed by atoms with E-state index in [0.29, 0.717) is 24.9 Å². The molecule has 0 radical (unpaired) electrons. The lowest BCUT2D eigenvalue weighted by Gasteiger charge is -2.22. The number of likely N-dealkylation sites (tertiary alicyclic amines) is 1. The van der Waals surface area contributed by atoms with E-state index in [9.17, 15) is 4.79 Å². The second kappa shape index (κ2) is 8.22. The quantitative estimate of drug-likeness (QED) is 0.869. The Hall–Kier alpha value is -1.30. The molecule has 1 saturated heterocycles. The fourth-order valence-corrected chi connectivity index (χ4v) is 2.66. The van der Waals surface area contributed by atoms with Crippen LogP contribution in [0.4, 0.5) is 5.69 Å². The molecule has 0 bridgehead atoms. The summed E-state index contributed by atoms with van der Waals surface area (Å²) in [5, 5.41) is 2.93. The number of amides is 1. The van der Waals surface area contributed by atoms with Crippen LogP contribution in [-0.4, -0.2) is 43.6 Å². The maximum absolute atomic E-state index is 12.2. The Bertz CT molecular complexity index is 482. The molecule has 5 nitrogen and oxygen atoms in total. The minimum absolute atomic E-state index is 0. The normalized spacial score (nSPS) is 18.1. The molecular weight excluding hydrogens is 290 g/mol. The molecule has 6 heteroatoms. The van der Waals surface area contributed by atoms with Gasteiger partial charge in [-0.05, 0) is 44.0 Å². The van der Waals surface area contributed by atoms with Gasteiger partial charge in [-0.1, -0.05) is 6.07 Å². The lowest BCUT2D eigenvalue weighted by molar-refractivity contribution is -0.117. The van der Waals surface area contributed by atoms with Crippen LogP contribution in [0.15, 0.2) is 18.2 Å². The summed E-state index contributed by atoms with van der Waals surface area (Å²) in [7, 11) is 1.60. The van der Waals surface area contributed by atoms with Crippen molar-refractivity contribution >= 4 is 24.0 Å². The number of rotatable bonds is 5. The fourth-order valence-electron chi connectivity index (χ4n) is 2.66. The van der Waals surface area contributed by atoms with Crippen molar-refractivity contribution < 1.29 is 9.53 Å². The van der Waals surface area contributed by atoms with Gasteiger partial charge in [0.05, 0.1) is 19.3 Å². The molecule has 0 aliphatic carbocycles. The van der Waals surface area contributed by atoms with Crippen LogP contribution in [-0.2, 0) is 4.79 Å². The van der Waals surface area contributed by atoms with Gasteiger partial charge >= 0.3 is 0 Å². The van der Waals surface area contributed by atoms with E-state index in [1.807, 2.05) is 25.1 Å². The number of aryl methyl sites for hydroxylation is 1. The van der Waals surface area contributed by atoms with Crippen LogP contribution in [0.3, 0.4) is 0 Å². The smallest absolute Gasteiger partial charge is 0.238 e. The van der Waals surface area contributed by atoms with Crippen LogP contribution < -0.4 is 15.8 Å². The van der Waals surface area contributed by atoms with Crippen molar-refractivity contribution in [2.45, 2.75) is 25.8 Å². The van der Waals surface area contributed by atoms with Crippen LogP contribution >= 0.6 is 12.4 Å². The summed E-state index contributed by atoms with van der Waals surface area (Å²) in [6.45, 7) is 3.93. The van der Waals surface area contributed by atoms with E-state index in [0.717, 1.165) is 30.6 Å². The molecule has 1 aromatic carbocycles. The Morgan fingerprint density at radius 2 is 2.29 bits per heavy atom. The maximum atomic E-state index is 12.2. The number of carbonyl (C=O) groups is 1.